The minimum atomic E-state index is -3.32. The Labute approximate surface area is 101 Å². The summed E-state index contributed by atoms with van der Waals surface area (Å²) in [5.74, 6) is 0.182. The van der Waals surface area contributed by atoms with Crippen molar-refractivity contribution in [2.45, 2.75) is 12.7 Å². The Bertz CT molecular complexity index is 404. The minimum Gasteiger partial charge on any atom is -0.360 e. The van der Waals surface area contributed by atoms with E-state index < -0.39 is 10.0 Å². The molecule has 0 amide bonds. The summed E-state index contributed by atoms with van der Waals surface area (Å²) < 4.78 is 30.2. The lowest BCUT2D eigenvalue weighted by Crippen LogP contribution is -2.31. The first kappa shape index (κ1) is 15.4. The number of sulfonamides is 1. The third-order valence-corrected chi connectivity index (χ3v) is 3.01. The van der Waals surface area contributed by atoms with Gasteiger partial charge in [-0.3, -0.25) is 0 Å². The second kappa shape index (κ2) is 6.85. The van der Waals surface area contributed by atoms with Crippen LogP contribution in [0, 0.1) is 6.92 Å². The maximum atomic E-state index is 11.5. The van der Waals surface area contributed by atoms with Crippen LogP contribution in [0.3, 0.4) is 0 Å². The summed E-state index contributed by atoms with van der Waals surface area (Å²) in [6, 6.07) is 1.61. The summed E-state index contributed by atoms with van der Waals surface area (Å²) in [6.07, 6.45) is 0. The van der Waals surface area contributed by atoms with Crippen LogP contribution in [0.5, 0.6) is 0 Å². The van der Waals surface area contributed by atoms with E-state index in [0.29, 0.717) is 24.5 Å². The number of nitrogens with zero attached hydrogens (tertiary/aromatic N) is 1. The van der Waals surface area contributed by atoms with Crippen LogP contribution in [-0.2, 0) is 15.8 Å². The molecule has 0 aromatic carbocycles. The summed E-state index contributed by atoms with van der Waals surface area (Å²) in [7, 11) is -1.56. The predicted molar refractivity (Wildman–Crippen MR) is 63.0 cm³/mol. The molecular formula is C8H16ClN3O3S. The number of aromatic nitrogens is 1. The van der Waals surface area contributed by atoms with Crippen molar-refractivity contribution in [2.24, 2.45) is 0 Å². The number of hydrogen-bond acceptors (Lipinski definition) is 5. The van der Waals surface area contributed by atoms with E-state index in [-0.39, 0.29) is 18.2 Å². The highest BCUT2D eigenvalue weighted by molar-refractivity contribution is 7.88. The SMILES string of the molecule is CNCCNS(=O)(=O)Cc1cc(C)no1.Cl. The molecule has 0 unspecified atom stereocenters. The molecule has 1 heterocycles. The van der Waals surface area contributed by atoms with Gasteiger partial charge in [0.05, 0.1) is 5.69 Å². The first-order valence-corrected chi connectivity index (χ1v) is 6.23. The Kier molecular flexibility index (Phi) is 6.58. The highest BCUT2D eigenvalue weighted by Crippen LogP contribution is 2.05. The van der Waals surface area contributed by atoms with Gasteiger partial charge >= 0.3 is 0 Å². The van der Waals surface area contributed by atoms with E-state index in [9.17, 15) is 8.42 Å². The fourth-order valence-corrected chi connectivity index (χ4v) is 2.08. The zero-order valence-corrected chi connectivity index (χ0v) is 10.8. The Morgan fingerprint density at radius 1 is 1.44 bits per heavy atom. The molecule has 0 atom stereocenters. The van der Waals surface area contributed by atoms with Crippen LogP contribution < -0.4 is 10.0 Å². The summed E-state index contributed by atoms with van der Waals surface area (Å²) in [4.78, 5) is 0. The smallest absolute Gasteiger partial charge is 0.219 e. The van der Waals surface area contributed by atoms with Crippen molar-refractivity contribution < 1.29 is 12.9 Å². The van der Waals surface area contributed by atoms with Gasteiger partial charge in [0.25, 0.3) is 0 Å². The molecule has 0 saturated heterocycles. The van der Waals surface area contributed by atoms with Crippen LogP contribution in [0.1, 0.15) is 11.5 Å². The molecule has 1 aromatic heterocycles. The van der Waals surface area contributed by atoms with Gasteiger partial charge in [-0.1, -0.05) is 5.16 Å². The molecule has 0 bridgehead atoms. The van der Waals surface area contributed by atoms with E-state index in [0.717, 1.165) is 0 Å². The normalized spacial score (nSPS) is 11.1. The van der Waals surface area contributed by atoms with Crippen LogP contribution in [0.25, 0.3) is 0 Å². The molecule has 0 aliphatic carbocycles. The average Bonchev–Trinajstić information content (AvgIpc) is 2.50. The van der Waals surface area contributed by atoms with Crippen molar-refractivity contribution in [1.82, 2.24) is 15.2 Å². The van der Waals surface area contributed by atoms with Crippen molar-refractivity contribution in [2.75, 3.05) is 20.1 Å². The van der Waals surface area contributed by atoms with Crippen LogP contribution in [-0.4, -0.2) is 33.7 Å². The molecule has 1 aromatic rings. The standard InChI is InChI=1S/C8H15N3O3S.ClH/c1-7-5-8(14-11-7)6-15(12,13)10-4-3-9-2;/h5,9-10H,3-4,6H2,1-2H3;1H. The Hall–Kier alpha value is -0.630. The first-order chi connectivity index (χ1) is 7.03. The number of likely N-dealkylation sites (N-methyl/N-ethyl adjacent to an activating group) is 1. The molecule has 0 spiro atoms. The van der Waals surface area contributed by atoms with Crippen molar-refractivity contribution in [3.63, 3.8) is 0 Å². The zero-order chi connectivity index (χ0) is 11.3. The van der Waals surface area contributed by atoms with Gasteiger partial charge < -0.3 is 9.84 Å². The monoisotopic (exact) mass is 269 g/mol. The first-order valence-electron chi connectivity index (χ1n) is 4.57. The van der Waals surface area contributed by atoms with Crippen molar-refractivity contribution >= 4 is 22.4 Å². The molecular weight excluding hydrogens is 254 g/mol. The van der Waals surface area contributed by atoms with Gasteiger partial charge in [0.2, 0.25) is 10.0 Å². The quantitative estimate of drug-likeness (QED) is 0.713. The van der Waals surface area contributed by atoms with Gasteiger partial charge in [-0.15, -0.1) is 12.4 Å². The maximum Gasteiger partial charge on any atom is 0.219 e. The third-order valence-electron chi connectivity index (χ3n) is 1.71. The highest BCUT2D eigenvalue weighted by atomic mass is 35.5. The number of nitrogens with one attached hydrogen (secondary N) is 2. The van der Waals surface area contributed by atoms with Crippen molar-refractivity contribution in [1.29, 1.82) is 0 Å². The maximum absolute atomic E-state index is 11.5. The molecule has 16 heavy (non-hydrogen) atoms. The van der Waals surface area contributed by atoms with Gasteiger partial charge in [0.15, 0.2) is 5.76 Å². The molecule has 2 N–H and O–H groups in total. The van der Waals surface area contributed by atoms with E-state index in [1.807, 2.05) is 0 Å². The molecule has 0 fully saturated rings. The van der Waals surface area contributed by atoms with Crippen LogP contribution in [0.2, 0.25) is 0 Å². The topological polar surface area (TPSA) is 84.2 Å². The van der Waals surface area contributed by atoms with E-state index in [1.165, 1.54) is 0 Å². The largest absolute Gasteiger partial charge is 0.360 e. The van der Waals surface area contributed by atoms with E-state index in [2.05, 4.69) is 15.2 Å². The fourth-order valence-electron chi connectivity index (χ4n) is 1.05. The summed E-state index contributed by atoms with van der Waals surface area (Å²) in [5, 5.41) is 6.46. The summed E-state index contributed by atoms with van der Waals surface area (Å²) in [5.41, 5.74) is 0.676. The minimum absolute atomic E-state index is 0. The summed E-state index contributed by atoms with van der Waals surface area (Å²) in [6.45, 7) is 2.70. The van der Waals surface area contributed by atoms with E-state index in [4.69, 9.17) is 4.52 Å². The molecule has 8 heteroatoms. The number of hydrogen-bond donors (Lipinski definition) is 2. The Morgan fingerprint density at radius 3 is 2.62 bits per heavy atom. The van der Waals surface area contributed by atoms with Gasteiger partial charge in [0.1, 0.15) is 5.75 Å². The second-order valence-corrected chi connectivity index (χ2v) is 5.00. The predicted octanol–water partition coefficient (Wildman–Crippen LogP) is 0.0436. The van der Waals surface area contributed by atoms with Gasteiger partial charge in [-0.05, 0) is 14.0 Å². The number of rotatable bonds is 6. The Balaban J connectivity index is 0.00000225. The molecule has 94 valence electrons. The van der Waals surface area contributed by atoms with Crippen molar-refractivity contribution in [3.8, 4) is 0 Å². The lowest BCUT2D eigenvalue weighted by atomic mass is 10.4. The fraction of sp³-hybridized carbons (Fsp3) is 0.625. The molecule has 1 rings (SSSR count). The zero-order valence-electron chi connectivity index (χ0n) is 9.19. The Morgan fingerprint density at radius 2 is 2.12 bits per heavy atom. The highest BCUT2D eigenvalue weighted by Gasteiger charge is 2.13. The van der Waals surface area contributed by atoms with Crippen LogP contribution in [0.15, 0.2) is 10.6 Å². The van der Waals surface area contributed by atoms with Gasteiger partial charge in [0, 0.05) is 19.2 Å². The molecule has 6 nitrogen and oxygen atoms in total. The van der Waals surface area contributed by atoms with Crippen LogP contribution >= 0.6 is 12.4 Å². The number of aryl methyl sites for hydroxylation is 1. The van der Waals surface area contributed by atoms with Gasteiger partial charge in [-0.2, -0.15) is 0 Å². The lowest BCUT2D eigenvalue weighted by molar-refractivity contribution is 0.388. The van der Waals surface area contributed by atoms with E-state index in [1.54, 1.807) is 20.0 Å². The van der Waals surface area contributed by atoms with Gasteiger partial charge in [-0.25, -0.2) is 13.1 Å². The molecule has 0 radical (unpaired) electrons. The van der Waals surface area contributed by atoms with Crippen molar-refractivity contribution in [3.05, 3.63) is 17.5 Å². The third kappa shape index (κ3) is 5.45. The molecule has 0 saturated carbocycles. The lowest BCUT2D eigenvalue weighted by Gasteiger charge is -2.03. The molecule has 0 aliphatic heterocycles. The second-order valence-electron chi connectivity index (χ2n) is 3.19. The average molecular weight is 270 g/mol. The number of halogens is 1. The molecule has 0 aliphatic rings. The summed E-state index contributed by atoms with van der Waals surface area (Å²) >= 11 is 0. The van der Waals surface area contributed by atoms with E-state index >= 15 is 0 Å². The van der Waals surface area contributed by atoms with Crippen LogP contribution in [0.4, 0.5) is 0 Å².